The van der Waals surface area contributed by atoms with Gasteiger partial charge in [-0.3, -0.25) is 0 Å². The minimum Gasteiger partial charge on any atom is -0.496 e. The molecule has 0 amide bonds. The number of fused-ring (bicyclic) bond motifs is 1. The van der Waals surface area contributed by atoms with E-state index in [4.69, 9.17) is 16.3 Å². The molecule has 2 aliphatic rings. The third kappa shape index (κ3) is 2.61. The number of benzene rings is 1. The molecule has 3 unspecified atom stereocenters. The van der Waals surface area contributed by atoms with Gasteiger partial charge in [0, 0.05) is 11.4 Å². The molecule has 1 aromatic carbocycles. The lowest BCUT2D eigenvalue weighted by atomic mass is 10.0. The van der Waals surface area contributed by atoms with Crippen LogP contribution in [0.4, 0.5) is 0 Å². The summed E-state index contributed by atoms with van der Waals surface area (Å²) in [4.78, 5) is 0. The van der Waals surface area contributed by atoms with E-state index in [1.807, 2.05) is 18.2 Å². The lowest BCUT2D eigenvalue weighted by Gasteiger charge is -2.14. The Morgan fingerprint density at radius 2 is 2.00 bits per heavy atom. The van der Waals surface area contributed by atoms with Gasteiger partial charge >= 0.3 is 0 Å². The lowest BCUT2D eigenvalue weighted by Crippen LogP contribution is -2.15. The summed E-state index contributed by atoms with van der Waals surface area (Å²) < 4.78 is 5.35. The van der Waals surface area contributed by atoms with E-state index < -0.39 is 0 Å². The van der Waals surface area contributed by atoms with Gasteiger partial charge in [-0.15, -0.1) is 0 Å². The van der Waals surface area contributed by atoms with Crippen LogP contribution in [0.25, 0.3) is 0 Å². The monoisotopic (exact) mass is 280 g/mol. The van der Waals surface area contributed by atoms with Gasteiger partial charge in [-0.05, 0) is 54.4 Å². The Morgan fingerprint density at radius 1 is 1.32 bits per heavy atom. The normalized spacial score (nSPS) is 30.6. The predicted molar refractivity (Wildman–Crippen MR) is 76.7 cm³/mol. The molecule has 2 fully saturated rings. The molecule has 104 valence electrons. The number of ether oxygens (including phenoxy) is 1. The van der Waals surface area contributed by atoms with Crippen molar-refractivity contribution in [1.29, 1.82) is 0 Å². The summed E-state index contributed by atoms with van der Waals surface area (Å²) in [5, 5.41) is 11.2. The first kappa shape index (κ1) is 13.3. The largest absolute Gasteiger partial charge is 0.496 e. The van der Waals surface area contributed by atoms with Gasteiger partial charge in [0.2, 0.25) is 0 Å². The molecular formula is C16H21ClO2. The quantitative estimate of drug-likeness (QED) is 0.911. The fraction of sp³-hybridized carbons (Fsp3) is 0.625. The topological polar surface area (TPSA) is 29.5 Å². The van der Waals surface area contributed by atoms with Crippen molar-refractivity contribution >= 4 is 11.6 Å². The average molecular weight is 281 g/mol. The minimum atomic E-state index is -0.250. The number of methoxy groups -OCH3 is 1. The molecule has 3 atom stereocenters. The zero-order valence-electron chi connectivity index (χ0n) is 11.3. The maximum atomic E-state index is 10.5. The van der Waals surface area contributed by atoms with Gasteiger partial charge in [0.1, 0.15) is 5.75 Å². The van der Waals surface area contributed by atoms with Crippen LogP contribution in [0.3, 0.4) is 0 Å². The van der Waals surface area contributed by atoms with Crippen molar-refractivity contribution in [3.63, 3.8) is 0 Å². The number of hydrogen-bond donors (Lipinski definition) is 1. The van der Waals surface area contributed by atoms with E-state index in [0.29, 0.717) is 17.4 Å². The highest BCUT2D eigenvalue weighted by Gasteiger charge is 2.53. The molecule has 2 nitrogen and oxygen atoms in total. The SMILES string of the molecule is COc1ccc(Cl)cc1CC(O)C1C2CCCCC21. The fourth-order valence-electron chi connectivity index (χ4n) is 3.89. The van der Waals surface area contributed by atoms with Crippen LogP contribution in [0.2, 0.25) is 5.02 Å². The van der Waals surface area contributed by atoms with Gasteiger partial charge in [-0.2, -0.15) is 0 Å². The summed E-state index contributed by atoms with van der Waals surface area (Å²) in [6.07, 6.45) is 5.69. The number of aliphatic hydroxyl groups excluding tert-OH is 1. The van der Waals surface area contributed by atoms with Crippen molar-refractivity contribution in [3.05, 3.63) is 28.8 Å². The van der Waals surface area contributed by atoms with E-state index in [-0.39, 0.29) is 6.10 Å². The lowest BCUT2D eigenvalue weighted by molar-refractivity contribution is 0.139. The maximum Gasteiger partial charge on any atom is 0.122 e. The Hall–Kier alpha value is -0.730. The highest BCUT2D eigenvalue weighted by atomic mass is 35.5. The molecule has 19 heavy (non-hydrogen) atoms. The summed E-state index contributed by atoms with van der Waals surface area (Å²) in [5.74, 6) is 2.88. The molecule has 0 spiro atoms. The number of aliphatic hydroxyl groups is 1. The van der Waals surface area contributed by atoms with Gasteiger partial charge in [-0.25, -0.2) is 0 Å². The van der Waals surface area contributed by atoms with Crippen LogP contribution in [0, 0.1) is 17.8 Å². The first-order chi connectivity index (χ1) is 9.20. The molecule has 3 heteroatoms. The van der Waals surface area contributed by atoms with Crippen LogP contribution in [0.5, 0.6) is 5.75 Å². The van der Waals surface area contributed by atoms with E-state index in [1.165, 1.54) is 25.7 Å². The van der Waals surface area contributed by atoms with Gasteiger partial charge in [0.25, 0.3) is 0 Å². The summed E-state index contributed by atoms with van der Waals surface area (Å²) in [7, 11) is 1.66. The number of rotatable bonds is 4. The van der Waals surface area contributed by atoms with Crippen LogP contribution >= 0.6 is 11.6 Å². The molecule has 0 aromatic heterocycles. The second kappa shape index (κ2) is 5.34. The standard InChI is InChI=1S/C16H21ClO2/c1-19-15-7-6-11(17)8-10(15)9-14(18)16-12-4-2-3-5-13(12)16/h6-8,12-14,16,18H,2-5,9H2,1H3. The Bertz CT molecular complexity index is 448. The minimum absolute atomic E-state index is 0.250. The Kier molecular flexibility index (Phi) is 3.72. The molecule has 0 bridgehead atoms. The van der Waals surface area contributed by atoms with Crippen LogP contribution < -0.4 is 4.74 Å². The summed E-state index contributed by atoms with van der Waals surface area (Å²) in [6, 6.07) is 5.62. The van der Waals surface area contributed by atoms with Crippen LogP contribution in [-0.2, 0) is 6.42 Å². The molecule has 0 heterocycles. The zero-order valence-corrected chi connectivity index (χ0v) is 12.1. The molecule has 2 aliphatic carbocycles. The second-order valence-electron chi connectivity index (χ2n) is 5.92. The number of hydrogen-bond acceptors (Lipinski definition) is 2. The van der Waals surface area contributed by atoms with Crippen molar-refractivity contribution in [2.75, 3.05) is 7.11 Å². The second-order valence-corrected chi connectivity index (χ2v) is 6.35. The highest BCUT2D eigenvalue weighted by molar-refractivity contribution is 6.30. The van der Waals surface area contributed by atoms with E-state index in [9.17, 15) is 5.11 Å². The zero-order chi connectivity index (χ0) is 13.4. The molecule has 2 saturated carbocycles. The average Bonchev–Trinajstić information content (AvgIpc) is 3.13. The van der Waals surface area contributed by atoms with E-state index in [1.54, 1.807) is 7.11 Å². The number of halogens is 1. The van der Waals surface area contributed by atoms with E-state index in [2.05, 4.69) is 0 Å². The Balaban J connectivity index is 1.69. The van der Waals surface area contributed by atoms with E-state index >= 15 is 0 Å². The third-order valence-corrected chi connectivity index (χ3v) is 5.07. The molecular weight excluding hydrogens is 260 g/mol. The molecule has 1 aromatic rings. The van der Waals surface area contributed by atoms with Crippen molar-refractivity contribution in [1.82, 2.24) is 0 Å². The van der Waals surface area contributed by atoms with Crippen molar-refractivity contribution in [2.24, 2.45) is 17.8 Å². The Morgan fingerprint density at radius 3 is 2.63 bits per heavy atom. The molecule has 0 radical (unpaired) electrons. The molecule has 0 aliphatic heterocycles. The Labute approximate surface area is 119 Å². The molecule has 1 N–H and O–H groups in total. The van der Waals surface area contributed by atoms with Crippen LogP contribution in [0.15, 0.2) is 18.2 Å². The van der Waals surface area contributed by atoms with Crippen molar-refractivity contribution in [2.45, 2.75) is 38.2 Å². The first-order valence-corrected chi connectivity index (χ1v) is 7.59. The maximum absolute atomic E-state index is 10.5. The predicted octanol–water partition coefficient (Wildman–Crippen LogP) is 3.69. The smallest absolute Gasteiger partial charge is 0.122 e. The van der Waals surface area contributed by atoms with Crippen molar-refractivity contribution < 1.29 is 9.84 Å². The highest BCUT2D eigenvalue weighted by Crippen LogP contribution is 2.57. The van der Waals surface area contributed by atoms with Gasteiger partial charge in [0.15, 0.2) is 0 Å². The van der Waals surface area contributed by atoms with Gasteiger partial charge in [-0.1, -0.05) is 24.4 Å². The van der Waals surface area contributed by atoms with Crippen molar-refractivity contribution in [3.8, 4) is 5.75 Å². The van der Waals surface area contributed by atoms with E-state index in [0.717, 1.165) is 23.1 Å². The fourth-order valence-corrected chi connectivity index (χ4v) is 4.08. The van der Waals surface area contributed by atoms with Gasteiger partial charge < -0.3 is 9.84 Å². The van der Waals surface area contributed by atoms with Gasteiger partial charge in [0.05, 0.1) is 13.2 Å². The molecule has 0 saturated heterocycles. The van der Waals surface area contributed by atoms with Crippen LogP contribution in [-0.4, -0.2) is 18.3 Å². The molecule has 3 rings (SSSR count). The first-order valence-electron chi connectivity index (χ1n) is 7.21. The summed E-state index contributed by atoms with van der Waals surface area (Å²) in [6.45, 7) is 0. The van der Waals surface area contributed by atoms with Crippen LogP contribution in [0.1, 0.15) is 31.2 Å². The summed E-state index contributed by atoms with van der Waals surface area (Å²) >= 11 is 6.04. The summed E-state index contributed by atoms with van der Waals surface area (Å²) in [5.41, 5.74) is 1.02. The third-order valence-electron chi connectivity index (χ3n) is 4.84.